The molecular weight excluding hydrogens is 415 g/mol. The Morgan fingerprint density at radius 2 is 1.97 bits per heavy atom. The Morgan fingerprint density at radius 1 is 1.16 bits per heavy atom. The molecule has 0 aromatic heterocycles. The number of hydrogen-bond acceptors (Lipinski definition) is 6. The highest BCUT2D eigenvalue weighted by molar-refractivity contribution is 6.43. The zero-order valence-electron chi connectivity index (χ0n) is 17.9. The number of halogens is 1. The van der Waals surface area contributed by atoms with Crippen molar-refractivity contribution < 1.29 is 23.6 Å². The second-order valence-corrected chi connectivity index (χ2v) is 8.15. The molecule has 0 aliphatic carbocycles. The Balaban J connectivity index is 1.45. The minimum absolute atomic E-state index is 0.161. The van der Waals surface area contributed by atoms with Crippen molar-refractivity contribution in [2.75, 3.05) is 37.5 Å². The maximum absolute atomic E-state index is 13.4. The van der Waals surface area contributed by atoms with Gasteiger partial charge < -0.3 is 25.1 Å². The van der Waals surface area contributed by atoms with Gasteiger partial charge in [0.05, 0.1) is 12.6 Å². The SMILES string of the molecule is CN(C)c1cccc(C(=O)NC2CCOCC23CC(C(=O)Nc2cccc(F)c2)=NO3)c1. The first-order valence-electron chi connectivity index (χ1n) is 10.3. The number of benzene rings is 2. The molecule has 2 atom stereocenters. The van der Waals surface area contributed by atoms with Crippen LogP contribution in [-0.2, 0) is 14.4 Å². The summed E-state index contributed by atoms with van der Waals surface area (Å²) in [4.78, 5) is 33.2. The van der Waals surface area contributed by atoms with Crippen molar-refractivity contribution in [3.8, 4) is 0 Å². The quantitative estimate of drug-likeness (QED) is 0.746. The summed E-state index contributed by atoms with van der Waals surface area (Å²) in [5, 5.41) is 9.63. The van der Waals surface area contributed by atoms with Crippen molar-refractivity contribution in [3.05, 3.63) is 59.9 Å². The van der Waals surface area contributed by atoms with Gasteiger partial charge >= 0.3 is 0 Å². The summed E-state index contributed by atoms with van der Waals surface area (Å²) in [5.74, 6) is -1.17. The van der Waals surface area contributed by atoms with E-state index in [2.05, 4.69) is 15.8 Å². The third-order valence-corrected chi connectivity index (χ3v) is 5.61. The van der Waals surface area contributed by atoms with Gasteiger partial charge in [0.2, 0.25) is 0 Å². The molecule has 0 saturated carbocycles. The van der Waals surface area contributed by atoms with Gasteiger partial charge in [-0.05, 0) is 42.8 Å². The van der Waals surface area contributed by atoms with Gasteiger partial charge in [-0.2, -0.15) is 0 Å². The average molecular weight is 440 g/mol. The minimum Gasteiger partial charge on any atom is -0.384 e. The zero-order chi connectivity index (χ0) is 22.7. The minimum atomic E-state index is -0.971. The van der Waals surface area contributed by atoms with Crippen LogP contribution in [0.15, 0.2) is 53.7 Å². The standard InChI is InChI=1S/C23H25FN4O4/c1-28(2)18-8-3-5-15(11-18)21(29)26-20-9-10-31-14-23(20)13-19(27-32-23)22(30)25-17-7-4-6-16(24)12-17/h3-8,11-12,20H,9-10,13-14H2,1-2H3,(H,25,30)(H,26,29). The first-order valence-corrected chi connectivity index (χ1v) is 10.3. The Bertz CT molecular complexity index is 1060. The smallest absolute Gasteiger partial charge is 0.273 e. The van der Waals surface area contributed by atoms with Gasteiger partial charge in [-0.15, -0.1) is 0 Å². The molecule has 2 amide bonds. The van der Waals surface area contributed by atoms with Crippen LogP contribution in [0.2, 0.25) is 0 Å². The van der Waals surface area contributed by atoms with Gasteiger partial charge in [0.15, 0.2) is 5.60 Å². The number of oxime groups is 1. The Kier molecular flexibility index (Phi) is 6.09. The number of hydrogen-bond donors (Lipinski definition) is 2. The normalized spacial score (nSPS) is 22.1. The lowest BCUT2D eigenvalue weighted by atomic mass is 9.85. The van der Waals surface area contributed by atoms with E-state index in [1.54, 1.807) is 12.1 Å². The summed E-state index contributed by atoms with van der Waals surface area (Å²) in [7, 11) is 3.81. The largest absolute Gasteiger partial charge is 0.384 e. The highest BCUT2D eigenvalue weighted by atomic mass is 19.1. The van der Waals surface area contributed by atoms with Gasteiger partial charge in [-0.1, -0.05) is 17.3 Å². The Morgan fingerprint density at radius 3 is 2.75 bits per heavy atom. The van der Waals surface area contributed by atoms with E-state index in [4.69, 9.17) is 9.57 Å². The molecule has 2 aromatic carbocycles. The molecule has 32 heavy (non-hydrogen) atoms. The highest BCUT2D eigenvalue weighted by Gasteiger charge is 2.50. The molecule has 4 rings (SSSR count). The molecule has 0 bridgehead atoms. The number of nitrogens with one attached hydrogen (secondary N) is 2. The van der Waals surface area contributed by atoms with Crippen LogP contribution in [0.25, 0.3) is 0 Å². The third-order valence-electron chi connectivity index (χ3n) is 5.61. The molecular formula is C23H25FN4O4. The Hall–Kier alpha value is -3.46. The molecule has 2 unspecified atom stereocenters. The van der Waals surface area contributed by atoms with E-state index in [9.17, 15) is 14.0 Å². The van der Waals surface area contributed by atoms with Crippen LogP contribution < -0.4 is 15.5 Å². The van der Waals surface area contributed by atoms with Crippen molar-refractivity contribution in [3.63, 3.8) is 0 Å². The molecule has 2 aliphatic rings. The molecule has 2 aromatic rings. The topological polar surface area (TPSA) is 92.3 Å². The van der Waals surface area contributed by atoms with Crippen molar-refractivity contribution >= 4 is 28.9 Å². The fourth-order valence-electron chi connectivity index (χ4n) is 3.83. The predicted molar refractivity (Wildman–Crippen MR) is 118 cm³/mol. The molecule has 1 fully saturated rings. The molecule has 2 aliphatic heterocycles. The van der Waals surface area contributed by atoms with E-state index in [1.807, 2.05) is 37.2 Å². The predicted octanol–water partition coefficient (Wildman–Crippen LogP) is 2.56. The third kappa shape index (κ3) is 4.57. The summed E-state index contributed by atoms with van der Waals surface area (Å²) < 4.78 is 19.0. The summed E-state index contributed by atoms with van der Waals surface area (Å²) in [5.41, 5.74) is 0.955. The molecule has 1 saturated heterocycles. The van der Waals surface area contributed by atoms with E-state index >= 15 is 0 Å². The average Bonchev–Trinajstić information content (AvgIpc) is 3.20. The van der Waals surface area contributed by atoms with Gasteiger partial charge in [-0.25, -0.2) is 4.39 Å². The number of carbonyl (C=O) groups is 2. The van der Waals surface area contributed by atoms with Crippen LogP contribution in [0.5, 0.6) is 0 Å². The zero-order valence-corrected chi connectivity index (χ0v) is 17.9. The van der Waals surface area contributed by atoms with Crippen molar-refractivity contribution in [1.29, 1.82) is 0 Å². The number of nitrogens with zero attached hydrogens (tertiary/aromatic N) is 2. The molecule has 0 radical (unpaired) electrons. The van der Waals surface area contributed by atoms with Crippen molar-refractivity contribution in [2.45, 2.75) is 24.5 Å². The second kappa shape index (κ2) is 8.96. The summed E-state index contributed by atoms with van der Waals surface area (Å²) in [6.07, 6.45) is 0.685. The summed E-state index contributed by atoms with van der Waals surface area (Å²) in [6.45, 7) is 0.647. The van der Waals surface area contributed by atoms with Gasteiger partial charge in [0, 0.05) is 44.1 Å². The van der Waals surface area contributed by atoms with E-state index in [-0.39, 0.29) is 24.6 Å². The fourth-order valence-corrected chi connectivity index (χ4v) is 3.83. The monoisotopic (exact) mass is 440 g/mol. The van der Waals surface area contributed by atoms with Crippen LogP contribution >= 0.6 is 0 Å². The number of rotatable bonds is 5. The number of amides is 2. The van der Waals surface area contributed by atoms with E-state index < -0.39 is 23.4 Å². The number of carbonyl (C=O) groups excluding carboxylic acids is 2. The van der Waals surface area contributed by atoms with Gasteiger partial charge in [0.1, 0.15) is 11.5 Å². The van der Waals surface area contributed by atoms with E-state index in [0.717, 1.165) is 5.69 Å². The van der Waals surface area contributed by atoms with Crippen LogP contribution in [0.3, 0.4) is 0 Å². The van der Waals surface area contributed by atoms with Crippen molar-refractivity contribution in [1.82, 2.24) is 5.32 Å². The molecule has 2 heterocycles. The lowest BCUT2D eigenvalue weighted by Crippen LogP contribution is -2.58. The molecule has 9 heteroatoms. The number of ether oxygens (including phenoxy) is 1. The van der Waals surface area contributed by atoms with Crippen LogP contribution in [0.4, 0.5) is 15.8 Å². The molecule has 2 N–H and O–H groups in total. The highest BCUT2D eigenvalue weighted by Crippen LogP contribution is 2.33. The van der Waals surface area contributed by atoms with Crippen molar-refractivity contribution in [2.24, 2.45) is 5.16 Å². The second-order valence-electron chi connectivity index (χ2n) is 8.15. The molecule has 168 valence electrons. The van der Waals surface area contributed by atoms with E-state index in [1.165, 1.54) is 18.2 Å². The van der Waals surface area contributed by atoms with E-state index in [0.29, 0.717) is 24.3 Å². The van der Waals surface area contributed by atoms with Crippen LogP contribution in [0, 0.1) is 5.82 Å². The first-order chi connectivity index (χ1) is 15.4. The fraction of sp³-hybridized carbons (Fsp3) is 0.348. The number of anilines is 2. The lowest BCUT2D eigenvalue weighted by molar-refractivity contribution is -0.128. The van der Waals surface area contributed by atoms with Crippen LogP contribution in [0.1, 0.15) is 23.2 Å². The lowest BCUT2D eigenvalue weighted by Gasteiger charge is -2.38. The van der Waals surface area contributed by atoms with Gasteiger partial charge in [0.25, 0.3) is 11.8 Å². The van der Waals surface area contributed by atoms with Crippen LogP contribution in [-0.4, -0.2) is 56.5 Å². The maximum atomic E-state index is 13.4. The van der Waals surface area contributed by atoms with Gasteiger partial charge in [-0.3, -0.25) is 9.59 Å². The molecule has 8 nitrogen and oxygen atoms in total. The maximum Gasteiger partial charge on any atom is 0.273 e. The summed E-state index contributed by atoms with van der Waals surface area (Å²) >= 11 is 0. The first kappa shape index (κ1) is 21.8. The summed E-state index contributed by atoms with van der Waals surface area (Å²) in [6, 6.07) is 12.5. The Labute approximate surface area is 185 Å². The molecule has 1 spiro atoms.